The number of rotatable bonds is 7. The van der Waals surface area contributed by atoms with Crippen molar-refractivity contribution in [3.05, 3.63) is 82.3 Å². The molecule has 3 aromatic rings. The first kappa shape index (κ1) is 22.5. The molecule has 164 valence electrons. The van der Waals surface area contributed by atoms with Crippen molar-refractivity contribution in [1.82, 2.24) is 5.32 Å². The summed E-state index contributed by atoms with van der Waals surface area (Å²) in [7, 11) is 3.19. The van der Waals surface area contributed by atoms with Crippen LogP contribution < -0.4 is 14.8 Å². The molecule has 0 saturated carbocycles. The van der Waals surface area contributed by atoms with Gasteiger partial charge in [-0.2, -0.15) is 0 Å². The summed E-state index contributed by atoms with van der Waals surface area (Å²) >= 11 is 0. The lowest BCUT2D eigenvalue weighted by Gasteiger charge is -2.20. The van der Waals surface area contributed by atoms with Crippen LogP contribution >= 0.6 is 0 Å². The van der Waals surface area contributed by atoms with Gasteiger partial charge in [-0.05, 0) is 53.3 Å². The van der Waals surface area contributed by atoms with Gasteiger partial charge >= 0.3 is 0 Å². The van der Waals surface area contributed by atoms with Crippen LogP contribution in [0.25, 0.3) is 0 Å². The molecule has 0 unspecified atom stereocenters. The Labute approximate surface area is 184 Å². The maximum Gasteiger partial charge on any atom is 0.287 e. The lowest BCUT2D eigenvalue weighted by atomic mass is 9.85. The number of hydrogen-bond acceptors (Lipinski definition) is 4. The van der Waals surface area contributed by atoms with Gasteiger partial charge in [-0.1, -0.05) is 45.0 Å². The second-order valence-corrected chi connectivity index (χ2v) is 8.66. The molecule has 2 aromatic carbocycles. The standard InChI is InChI=1S/C26H31NO4/c1-17-10-11-19(26(2,3)4)14-18(17)15-20-12-13-24(31-20)25(28)27-16-21-22(29-5)8-7-9-23(21)30-6/h7-14H,15-16H2,1-6H3,(H,27,28). The van der Waals surface area contributed by atoms with E-state index in [4.69, 9.17) is 13.9 Å². The average Bonchev–Trinajstić information content (AvgIpc) is 3.21. The van der Waals surface area contributed by atoms with E-state index in [0.717, 1.165) is 11.3 Å². The zero-order valence-corrected chi connectivity index (χ0v) is 19.2. The summed E-state index contributed by atoms with van der Waals surface area (Å²) in [5.41, 5.74) is 4.55. The normalized spacial score (nSPS) is 11.3. The van der Waals surface area contributed by atoms with E-state index in [1.165, 1.54) is 16.7 Å². The quantitative estimate of drug-likeness (QED) is 0.553. The summed E-state index contributed by atoms with van der Waals surface area (Å²) in [4.78, 5) is 12.6. The average molecular weight is 422 g/mol. The molecule has 0 atom stereocenters. The number of amides is 1. The topological polar surface area (TPSA) is 60.7 Å². The van der Waals surface area contributed by atoms with E-state index in [1.807, 2.05) is 24.3 Å². The number of methoxy groups -OCH3 is 2. The zero-order chi connectivity index (χ0) is 22.6. The molecule has 0 aliphatic carbocycles. The maximum atomic E-state index is 12.6. The van der Waals surface area contributed by atoms with Crippen molar-refractivity contribution >= 4 is 5.91 Å². The Balaban J connectivity index is 1.71. The van der Waals surface area contributed by atoms with Gasteiger partial charge in [-0.25, -0.2) is 0 Å². The second-order valence-electron chi connectivity index (χ2n) is 8.66. The van der Waals surface area contributed by atoms with E-state index >= 15 is 0 Å². The second kappa shape index (κ2) is 9.29. The summed E-state index contributed by atoms with van der Waals surface area (Å²) in [5, 5.41) is 2.89. The van der Waals surface area contributed by atoms with E-state index in [9.17, 15) is 4.79 Å². The molecule has 3 rings (SSSR count). The fourth-order valence-electron chi connectivity index (χ4n) is 3.47. The smallest absolute Gasteiger partial charge is 0.287 e. The fraction of sp³-hybridized carbons (Fsp3) is 0.346. The fourth-order valence-corrected chi connectivity index (χ4v) is 3.47. The van der Waals surface area contributed by atoms with Gasteiger partial charge in [0.2, 0.25) is 0 Å². The number of carbonyl (C=O) groups is 1. The van der Waals surface area contributed by atoms with Crippen molar-refractivity contribution in [2.45, 2.75) is 46.1 Å². The minimum Gasteiger partial charge on any atom is -0.496 e. The Bertz CT molecular complexity index is 1040. The highest BCUT2D eigenvalue weighted by Crippen LogP contribution is 2.28. The van der Waals surface area contributed by atoms with E-state index in [1.54, 1.807) is 20.3 Å². The number of nitrogens with one attached hydrogen (secondary N) is 1. The number of ether oxygens (including phenoxy) is 2. The molecule has 0 aliphatic rings. The Hall–Kier alpha value is -3.21. The highest BCUT2D eigenvalue weighted by molar-refractivity contribution is 5.91. The first-order chi connectivity index (χ1) is 14.7. The van der Waals surface area contributed by atoms with Crippen molar-refractivity contribution in [3.63, 3.8) is 0 Å². The van der Waals surface area contributed by atoms with Gasteiger partial charge in [0.15, 0.2) is 5.76 Å². The van der Waals surface area contributed by atoms with Gasteiger partial charge in [-0.3, -0.25) is 4.79 Å². The van der Waals surface area contributed by atoms with E-state index in [2.05, 4.69) is 51.2 Å². The number of carbonyl (C=O) groups excluding carboxylic acids is 1. The zero-order valence-electron chi connectivity index (χ0n) is 19.2. The minimum atomic E-state index is -0.278. The molecule has 1 aromatic heterocycles. The molecule has 5 heteroatoms. The molecule has 5 nitrogen and oxygen atoms in total. The molecule has 31 heavy (non-hydrogen) atoms. The molecule has 0 aliphatic heterocycles. The predicted molar refractivity (Wildman–Crippen MR) is 122 cm³/mol. The van der Waals surface area contributed by atoms with Crippen LogP contribution in [-0.2, 0) is 18.4 Å². The number of benzene rings is 2. The van der Waals surface area contributed by atoms with E-state index in [0.29, 0.717) is 17.9 Å². The van der Waals surface area contributed by atoms with E-state index in [-0.39, 0.29) is 23.6 Å². The minimum absolute atomic E-state index is 0.0796. The third-order valence-corrected chi connectivity index (χ3v) is 5.42. The third-order valence-electron chi connectivity index (χ3n) is 5.42. The van der Waals surface area contributed by atoms with Gasteiger partial charge in [-0.15, -0.1) is 0 Å². The molecule has 1 amide bonds. The van der Waals surface area contributed by atoms with Crippen LogP contribution in [0.3, 0.4) is 0 Å². The summed E-state index contributed by atoms with van der Waals surface area (Å²) < 4.78 is 16.6. The summed E-state index contributed by atoms with van der Waals surface area (Å²) in [6, 6.07) is 15.6. The van der Waals surface area contributed by atoms with Gasteiger partial charge in [0.25, 0.3) is 5.91 Å². The summed E-state index contributed by atoms with van der Waals surface area (Å²) in [6.45, 7) is 8.97. The summed E-state index contributed by atoms with van der Waals surface area (Å²) in [5.74, 6) is 2.09. The molecule has 0 bridgehead atoms. The lowest BCUT2D eigenvalue weighted by molar-refractivity contribution is 0.0921. The van der Waals surface area contributed by atoms with Crippen LogP contribution in [0.5, 0.6) is 11.5 Å². The molecule has 0 radical (unpaired) electrons. The van der Waals surface area contributed by atoms with Crippen LogP contribution in [0, 0.1) is 6.92 Å². The number of hydrogen-bond donors (Lipinski definition) is 1. The Kier molecular flexibility index (Phi) is 6.74. The van der Waals surface area contributed by atoms with Gasteiger partial charge in [0.1, 0.15) is 17.3 Å². The van der Waals surface area contributed by atoms with Gasteiger partial charge < -0.3 is 19.2 Å². The maximum absolute atomic E-state index is 12.6. The molecule has 1 N–H and O–H groups in total. The van der Waals surface area contributed by atoms with Crippen LogP contribution in [0.1, 0.15) is 59.3 Å². The van der Waals surface area contributed by atoms with Crippen molar-refractivity contribution in [1.29, 1.82) is 0 Å². The van der Waals surface area contributed by atoms with Gasteiger partial charge in [0.05, 0.1) is 26.3 Å². The Morgan fingerprint density at radius 2 is 1.68 bits per heavy atom. The highest BCUT2D eigenvalue weighted by Gasteiger charge is 2.17. The van der Waals surface area contributed by atoms with E-state index < -0.39 is 0 Å². The monoisotopic (exact) mass is 421 g/mol. The van der Waals surface area contributed by atoms with Crippen LogP contribution in [0.4, 0.5) is 0 Å². The first-order valence-corrected chi connectivity index (χ1v) is 10.4. The predicted octanol–water partition coefficient (Wildman–Crippen LogP) is 5.42. The molecular formula is C26H31NO4. The molecular weight excluding hydrogens is 390 g/mol. The van der Waals surface area contributed by atoms with Crippen molar-refractivity contribution in [3.8, 4) is 11.5 Å². The van der Waals surface area contributed by atoms with Gasteiger partial charge in [0, 0.05) is 6.42 Å². The molecule has 0 spiro atoms. The Morgan fingerprint density at radius 1 is 1.00 bits per heavy atom. The third kappa shape index (κ3) is 5.29. The molecule has 0 fully saturated rings. The van der Waals surface area contributed by atoms with Crippen molar-refractivity contribution < 1.29 is 18.7 Å². The van der Waals surface area contributed by atoms with Crippen LogP contribution in [-0.4, -0.2) is 20.1 Å². The Morgan fingerprint density at radius 3 is 2.29 bits per heavy atom. The summed E-state index contributed by atoms with van der Waals surface area (Å²) in [6.07, 6.45) is 0.642. The van der Waals surface area contributed by atoms with Crippen molar-refractivity contribution in [2.75, 3.05) is 14.2 Å². The van der Waals surface area contributed by atoms with Crippen LogP contribution in [0.2, 0.25) is 0 Å². The molecule has 1 heterocycles. The van der Waals surface area contributed by atoms with Crippen LogP contribution in [0.15, 0.2) is 52.9 Å². The van der Waals surface area contributed by atoms with Crippen molar-refractivity contribution in [2.24, 2.45) is 0 Å². The lowest BCUT2D eigenvalue weighted by Crippen LogP contribution is -2.23. The highest BCUT2D eigenvalue weighted by atomic mass is 16.5. The number of aryl methyl sites for hydroxylation is 1. The molecule has 0 saturated heterocycles. The largest absolute Gasteiger partial charge is 0.496 e. The number of furan rings is 1. The first-order valence-electron chi connectivity index (χ1n) is 10.4. The SMILES string of the molecule is COc1cccc(OC)c1CNC(=O)c1ccc(Cc2cc(C(C)(C)C)ccc2C)o1.